The molecule has 0 bridgehead atoms. The van der Waals surface area contributed by atoms with E-state index in [1.54, 1.807) is 0 Å². The lowest BCUT2D eigenvalue weighted by Crippen LogP contribution is -2.36. The fraction of sp³-hybridized carbons (Fsp3) is 0.368. The molecule has 1 aromatic heterocycles. The number of ether oxygens (including phenoxy) is 1. The van der Waals surface area contributed by atoms with Crippen LogP contribution in [0.4, 0.5) is 11.5 Å². The van der Waals surface area contributed by atoms with E-state index in [0.29, 0.717) is 17.8 Å². The molecule has 0 fully saturated rings. The number of nitro groups is 1. The van der Waals surface area contributed by atoms with E-state index in [9.17, 15) is 10.1 Å². The van der Waals surface area contributed by atoms with Crippen LogP contribution in [0.1, 0.15) is 33.5 Å². The number of imidazole rings is 1. The van der Waals surface area contributed by atoms with Crippen LogP contribution < -0.4 is 9.64 Å². The van der Waals surface area contributed by atoms with Crippen LogP contribution in [-0.4, -0.2) is 32.5 Å². The summed E-state index contributed by atoms with van der Waals surface area (Å²) in [5.41, 5.74) is 1.09. The van der Waals surface area contributed by atoms with Crippen LogP contribution in [-0.2, 0) is 7.05 Å². The van der Waals surface area contributed by atoms with Gasteiger partial charge < -0.3 is 19.8 Å². The fourth-order valence-corrected chi connectivity index (χ4v) is 2.97. The molecule has 0 aliphatic rings. The summed E-state index contributed by atoms with van der Waals surface area (Å²) in [5.74, 6) is 0.789. The fourth-order valence-electron chi connectivity index (χ4n) is 2.97. The zero-order valence-corrected chi connectivity index (χ0v) is 16.3. The lowest BCUT2D eigenvalue weighted by molar-refractivity contribution is -0.391. The number of aliphatic imine (C=N–C) groups is 1. The largest absolute Gasteiger partial charge is 0.434 e. The van der Waals surface area contributed by atoms with E-state index in [0.717, 1.165) is 5.69 Å². The molecule has 1 aromatic carbocycles. The van der Waals surface area contributed by atoms with E-state index in [-0.39, 0.29) is 17.5 Å². The van der Waals surface area contributed by atoms with E-state index in [1.165, 1.54) is 24.0 Å². The summed E-state index contributed by atoms with van der Waals surface area (Å²) in [6.07, 6.45) is 2.48. The number of anilines is 1. The Morgan fingerprint density at radius 1 is 1.30 bits per heavy atom. The second-order valence-electron chi connectivity index (χ2n) is 6.56. The molecule has 0 spiro atoms. The van der Waals surface area contributed by atoms with Crippen LogP contribution in [0.25, 0.3) is 0 Å². The first-order chi connectivity index (χ1) is 12.8. The molecular weight excluding hydrogens is 346 g/mol. The van der Waals surface area contributed by atoms with Crippen molar-refractivity contribution in [1.29, 1.82) is 0 Å². The molecule has 0 aliphatic heterocycles. The summed E-state index contributed by atoms with van der Waals surface area (Å²) in [4.78, 5) is 20.9. The zero-order chi connectivity index (χ0) is 20.1. The number of benzene rings is 1. The van der Waals surface area contributed by atoms with Crippen LogP contribution in [0.15, 0.2) is 48.2 Å². The predicted molar refractivity (Wildman–Crippen MR) is 106 cm³/mol. The van der Waals surface area contributed by atoms with Crippen LogP contribution in [0.2, 0.25) is 0 Å². The number of rotatable bonds is 7. The van der Waals surface area contributed by atoms with E-state index < -0.39 is 4.92 Å². The van der Waals surface area contributed by atoms with Crippen LogP contribution in [0.5, 0.6) is 5.75 Å². The highest BCUT2D eigenvalue weighted by atomic mass is 16.6. The molecule has 27 heavy (non-hydrogen) atoms. The van der Waals surface area contributed by atoms with Gasteiger partial charge in [0.05, 0.1) is 7.05 Å². The van der Waals surface area contributed by atoms with Gasteiger partial charge in [0.2, 0.25) is 0 Å². The van der Waals surface area contributed by atoms with E-state index in [2.05, 4.69) is 49.2 Å². The Kier molecular flexibility index (Phi) is 6.33. The lowest BCUT2D eigenvalue weighted by atomic mass is 10.2. The Bertz CT molecular complexity index is 830. The zero-order valence-electron chi connectivity index (χ0n) is 16.3. The van der Waals surface area contributed by atoms with Gasteiger partial charge in [-0.25, -0.2) is 14.5 Å². The Labute approximate surface area is 159 Å². The molecule has 2 aromatic rings. The highest BCUT2D eigenvalue weighted by Gasteiger charge is 2.23. The maximum atomic E-state index is 11.0. The number of nitrogens with zero attached hydrogens (tertiary/aromatic N) is 5. The maximum Gasteiger partial charge on any atom is 0.343 e. The van der Waals surface area contributed by atoms with Crippen molar-refractivity contribution in [2.75, 3.05) is 4.90 Å². The Balaban J connectivity index is 2.29. The van der Waals surface area contributed by atoms with Crippen LogP contribution in [0.3, 0.4) is 0 Å². The third-order valence-corrected chi connectivity index (χ3v) is 4.01. The van der Waals surface area contributed by atoms with Crippen molar-refractivity contribution < 1.29 is 9.66 Å². The van der Waals surface area contributed by atoms with Gasteiger partial charge in [-0.15, -0.1) is 0 Å². The van der Waals surface area contributed by atoms with Gasteiger partial charge in [0.1, 0.15) is 11.9 Å². The van der Waals surface area contributed by atoms with Crippen molar-refractivity contribution in [2.24, 2.45) is 12.0 Å². The number of hydrogen-bond acceptors (Lipinski definition) is 6. The minimum atomic E-state index is -0.511. The molecule has 0 aliphatic carbocycles. The monoisotopic (exact) mass is 371 g/mol. The molecule has 0 saturated heterocycles. The molecule has 144 valence electrons. The van der Waals surface area contributed by atoms with Crippen LogP contribution in [0, 0.1) is 10.1 Å². The normalized spacial score (nSPS) is 11.7. The van der Waals surface area contributed by atoms with Crippen molar-refractivity contribution in [3.8, 4) is 5.75 Å². The van der Waals surface area contributed by atoms with Gasteiger partial charge in [0.15, 0.2) is 0 Å². The van der Waals surface area contributed by atoms with Gasteiger partial charge in [0, 0.05) is 24.0 Å². The molecule has 1 heterocycles. The minimum absolute atomic E-state index is 0.137. The van der Waals surface area contributed by atoms with Gasteiger partial charge in [-0.2, -0.15) is 0 Å². The highest BCUT2D eigenvalue weighted by Crippen LogP contribution is 2.24. The molecule has 0 amide bonds. The van der Waals surface area contributed by atoms with Crippen molar-refractivity contribution in [3.63, 3.8) is 0 Å². The Morgan fingerprint density at radius 2 is 1.89 bits per heavy atom. The van der Waals surface area contributed by atoms with E-state index in [1.807, 2.05) is 24.3 Å². The van der Waals surface area contributed by atoms with Gasteiger partial charge in [-0.3, -0.25) is 0 Å². The highest BCUT2D eigenvalue weighted by molar-refractivity contribution is 5.93. The second kappa shape index (κ2) is 8.48. The molecule has 0 saturated carbocycles. The summed E-state index contributed by atoms with van der Waals surface area (Å²) in [6, 6.07) is 8.35. The lowest BCUT2D eigenvalue weighted by Gasteiger charge is -2.33. The first-order valence-electron chi connectivity index (χ1n) is 8.67. The summed E-state index contributed by atoms with van der Waals surface area (Å²) in [6.45, 7) is 12.2. The molecule has 0 unspecified atom stereocenters. The molecule has 0 radical (unpaired) electrons. The van der Waals surface area contributed by atoms with Crippen molar-refractivity contribution in [3.05, 3.63) is 59.2 Å². The maximum absolute atomic E-state index is 11.0. The smallest absolute Gasteiger partial charge is 0.343 e. The molecule has 0 atom stereocenters. The molecule has 0 N–H and O–H groups in total. The average molecular weight is 371 g/mol. The summed E-state index contributed by atoms with van der Waals surface area (Å²) in [5, 5.41) is 11.0. The quantitative estimate of drug-likeness (QED) is 0.319. The third-order valence-electron chi connectivity index (χ3n) is 4.01. The van der Waals surface area contributed by atoms with Gasteiger partial charge >= 0.3 is 5.82 Å². The van der Waals surface area contributed by atoms with Crippen molar-refractivity contribution in [1.82, 2.24) is 9.55 Å². The van der Waals surface area contributed by atoms with Gasteiger partial charge in [-0.1, -0.05) is 6.58 Å². The first kappa shape index (κ1) is 20.2. The molecule has 8 heteroatoms. The van der Waals surface area contributed by atoms with Gasteiger partial charge in [0.25, 0.3) is 11.7 Å². The summed E-state index contributed by atoms with van der Waals surface area (Å²) >= 11 is 0. The first-order valence-corrected chi connectivity index (χ1v) is 8.67. The topological polar surface area (TPSA) is 85.8 Å². The molecular formula is C19H25N5O3. The molecule has 8 nitrogen and oxygen atoms in total. The summed E-state index contributed by atoms with van der Waals surface area (Å²) in [7, 11) is 1.54. The summed E-state index contributed by atoms with van der Waals surface area (Å²) < 4.78 is 7.14. The van der Waals surface area contributed by atoms with Crippen LogP contribution >= 0.6 is 0 Å². The third kappa shape index (κ3) is 4.52. The second-order valence-corrected chi connectivity index (χ2v) is 6.56. The standard InChI is InChI=1S/C19H25N5O3/c1-7-20-19(18-21-12-17(22(18)6)24(25)26)27-16-10-8-15(9-11-16)23(13(2)3)14(4)5/h7-14H,1H2,2-6H3. The van der Waals surface area contributed by atoms with E-state index >= 15 is 0 Å². The number of hydrogen-bond donors (Lipinski definition) is 0. The predicted octanol–water partition coefficient (Wildman–Crippen LogP) is 3.92. The SMILES string of the molecule is C=CN=C(Oc1ccc(N(C(C)C)C(C)C)cc1)c1ncc([N+](=O)[O-])n1C. The van der Waals surface area contributed by atoms with Crippen molar-refractivity contribution in [2.45, 2.75) is 39.8 Å². The van der Waals surface area contributed by atoms with Crippen molar-refractivity contribution >= 4 is 17.4 Å². The Hall–Kier alpha value is -3.16. The Morgan fingerprint density at radius 3 is 2.33 bits per heavy atom. The minimum Gasteiger partial charge on any atom is -0.434 e. The van der Waals surface area contributed by atoms with Gasteiger partial charge in [-0.05, 0) is 56.9 Å². The average Bonchev–Trinajstić information content (AvgIpc) is 2.97. The van der Waals surface area contributed by atoms with E-state index in [4.69, 9.17) is 4.74 Å². The molecule has 2 rings (SSSR count). The number of aromatic nitrogens is 2.